The molecule has 1 aliphatic carbocycles. The molecule has 1 spiro atoms. The smallest absolute Gasteiger partial charge is 0.243 e. The number of ketones is 1. The maximum absolute atomic E-state index is 12.5. The maximum atomic E-state index is 12.5. The van der Waals surface area contributed by atoms with E-state index < -0.39 is 5.41 Å². The van der Waals surface area contributed by atoms with Crippen molar-refractivity contribution < 1.29 is 19.1 Å². The topological polar surface area (TPSA) is 96.5 Å². The van der Waals surface area contributed by atoms with Gasteiger partial charge in [0.1, 0.15) is 17.6 Å². The third-order valence-corrected chi connectivity index (χ3v) is 6.45. The molecule has 1 aromatic rings. The fourth-order valence-corrected chi connectivity index (χ4v) is 4.66. The molecule has 2 bridgehead atoms. The predicted molar refractivity (Wildman–Crippen MR) is 122 cm³/mol. The molecule has 7 nitrogen and oxygen atoms in total. The maximum Gasteiger partial charge on any atom is 0.243 e. The van der Waals surface area contributed by atoms with Crippen molar-refractivity contribution >= 4 is 23.7 Å². The highest BCUT2D eigenvalue weighted by Gasteiger charge is 2.50. The van der Waals surface area contributed by atoms with Gasteiger partial charge in [-0.3, -0.25) is 14.4 Å². The van der Waals surface area contributed by atoms with E-state index >= 15 is 0 Å². The molecular formula is C25H31N3O4. The molecule has 0 radical (unpaired) electrons. The van der Waals surface area contributed by atoms with Crippen molar-refractivity contribution in [1.82, 2.24) is 16.0 Å². The number of Topliss-reactive ketones (excluding diaryl/α,β-unsaturated/α-hetero) is 1. The first-order valence-corrected chi connectivity index (χ1v) is 11.5. The van der Waals surface area contributed by atoms with Gasteiger partial charge in [0.05, 0.1) is 5.41 Å². The van der Waals surface area contributed by atoms with E-state index in [0.29, 0.717) is 32.4 Å². The molecule has 0 saturated heterocycles. The van der Waals surface area contributed by atoms with Crippen LogP contribution in [0.3, 0.4) is 0 Å². The zero-order chi connectivity index (χ0) is 22.4. The van der Waals surface area contributed by atoms with Crippen LogP contribution in [0.1, 0.15) is 49.7 Å². The van der Waals surface area contributed by atoms with Crippen molar-refractivity contribution in [3.8, 4) is 5.75 Å². The first kappa shape index (κ1) is 22.3. The predicted octanol–water partition coefficient (Wildman–Crippen LogP) is 2.01. The zero-order valence-corrected chi connectivity index (χ0v) is 18.3. The van der Waals surface area contributed by atoms with Gasteiger partial charge < -0.3 is 20.7 Å². The lowest BCUT2D eigenvalue weighted by atomic mass is 9.68. The van der Waals surface area contributed by atoms with Crippen LogP contribution in [0.5, 0.6) is 5.75 Å². The quantitative estimate of drug-likeness (QED) is 0.577. The molecule has 0 aromatic heterocycles. The summed E-state index contributed by atoms with van der Waals surface area (Å²) < 4.78 is 6.16. The molecule has 1 fully saturated rings. The van der Waals surface area contributed by atoms with E-state index in [4.69, 9.17) is 4.74 Å². The van der Waals surface area contributed by atoms with Crippen LogP contribution in [0.15, 0.2) is 36.4 Å². The molecule has 2 heterocycles. The molecule has 7 heteroatoms. The number of nitrogens with one attached hydrogen (secondary N) is 3. The van der Waals surface area contributed by atoms with Crippen molar-refractivity contribution in [2.45, 2.75) is 50.0 Å². The second kappa shape index (κ2) is 10.1. The van der Waals surface area contributed by atoms with Crippen molar-refractivity contribution in [3.05, 3.63) is 47.6 Å². The molecular weight excluding hydrogens is 406 g/mol. The molecule has 1 aromatic carbocycles. The summed E-state index contributed by atoms with van der Waals surface area (Å²) in [7, 11) is 0. The Morgan fingerprint density at radius 1 is 0.875 bits per heavy atom. The van der Waals surface area contributed by atoms with Gasteiger partial charge in [-0.1, -0.05) is 12.1 Å². The number of carbonyl (C=O) groups is 3. The van der Waals surface area contributed by atoms with Gasteiger partial charge in [0.15, 0.2) is 0 Å². The molecule has 4 rings (SSSR count). The largest absolute Gasteiger partial charge is 0.488 e. The third-order valence-electron chi connectivity index (χ3n) is 6.45. The number of carbonyl (C=O) groups excluding carboxylic acids is 3. The van der Waals surface area contributed by atoms with E-state index in [9.17, 15) is 14.4 Å². The summed E-state index contributed by atoms with van der Waals surface area (Å²) in [5.41, 5.74) is 1.34. The van der Waals surface area contributed by atoms with Crippen LogP contribution in [0.4, 0.5) is 0 Å². The van der Waals surface area contributed by atoms with Crippen LogP contribution < -0.4 is 20.7 Å². The molecule has 3 N–H and O–H groups in total. The van der Waals surface area contributed by atoms with Gasteiger partial charge >= 0.3 is 0 Å². The van der Waals surface area contributed by atoms with Gasteiger partial charge in [-0.15, -0.1) is 0 Å². The Balaban J connectivity index is 1.62. The Morgan fingerprint density at radius 2 is 1.62 bits per heavy atom. The zero-order valence-electron chi connectivity index (χ0n) is 18.3. The fourth-order valence-electron chi connectivity index (χ4n) is 4.66. The highest BCUT2D eigenvalue weighted by molar-refractivity contribution is 5.92. The minimum absolute atomic E-state index is 0.122. The summed E-state index contributed by atoms with van der Waals surface area (Å²) in [6, 6.07) is 5.81. The SMILES string of the molecule is O=C1CC[C@]23/C=C\C(=O)NCCCCNCCCNC(=O)/C=C\c4ccc(c2c4)O[C@@H]3C1. The van der Waals surface area contributed by atoms with E-state index in [1.165, 1.54) is 0 Å². The lowest BCUT2D eigenvalue weighted by molar-refractivity contribution is -0.123. The molecule has 170 valence electrons. The molecule has 32 heavy (non-hydrogen) atoms. The lowest BCUT2D eigenvalue weighted by Gasteiger charge is -2.35. The Morgan fingerprint density at radius 3 is 2.50 bits per heavy atom. The summed E-state index contributed by atoms with van der Waals surface area (Å²) in [6.45, 7) is 2.97. The van der Waals surface area contributed by atoms with Crippen LogP contribution in [-0.4, -0.2) is 49.9 Å². The number of rotatable bonds is 0. The minimum atomic E-state index is -0.516. The number of fused-ring (bicyclic) bond motifs is 1. The first-order valence-electron chi connectivity index (χ1n) is 11.5. The summed E-state index contributed by atoms with van der Waals surface area (Å²) in [6.07, 6.45) is 10.7. The van der Waals surface area contributed by atoms with Crippen LogP contribution in [-0.2, 0) is 19.8 Å². The first-order chi connectivity index (χ1) is 15.6. The molecule has 1 saturated carbocycles. The summed E-state index contributed by atoms with van der Waals surface area (Å²) in [5.74, 6) is 0.677. The second-order valence-electron chi connectivity index (χ2n) is 8.70. The van der Waals surface area contributed by atoms with Gasteiger partial charge in [-0.2, -0.15) is 0 Å². The number of hydrogen-bond acceptors (Lipinski definition) is 5. The summed E-state index contributed by atoms with van der Waals surface area (Å²) in [4.78, 5) is 36.8. The van der Waals surface area contributed by atoms with Gasteiger partial charge in [0.2, 0.25) is 11.8 Å². The molecule has 2 atom stereocenters. The van der Waals surface area contributed by atoms with Crippen molar-refractivity contribution in [2.24, 2.45) is 0 Å². The van der Waals surface area contributed by atoms with Crippen molar-refractivity contribution in [3.63, 3.8) is 0 Å². The highest BCUT2D eigenvalue weighted by atomic mass is 16.5. The van der Waals surface area contributed by atoms with Gasteiger partial charge in [-0.05, 0) is 68.6 Å². The molecule has 3 aliphatic rings. The minimum Gasteiger partial charge on any atom is -0.488 e. The average Bonchev–Trinajstić information content (AvgIpc) is 3.10. The summed E-state index contributed by atoms with van der Waals surface area (Å²) in [5, 5.41) is 9.23. The van der Waals surface area contributed by atoms with E-state index in [0.717, 1.165) is 49.2 Å². The molecule has 2 aliphatic heterocycles. The number of amides is 2. The van der Waals surface area contributed by atoms with Crippen LogP contribution in [0, 0.1) is 0 Å². The highest BCUT2D eigenvalue weighted by Crippen LogP contribution is 2.51. The summed E-state index contributed by atoms with van der Waals surface area (Å²) >= 11 is 0. The van der Waals surface area contributed by atoms with Gasteiger partial charge in [0.25, 0.3) is 0 Å². The average molecular weight is 438 g/mol. The second-order valence-corrected chi connectivity index (χ2v) is 8.70. The van der Waals surface area contributed by atoms with E-state index in [1.807, 2.05) is 24.3 Å². The standard InChI is InChI=1S/C25H31N3O4/c29-19-8-10-25-11-9-24(31)27-14-2-1-12-26-13-3-15-28-23(30)7-5-18-4-6-21(20(25)16-18)32-22(25)17-19/h4-7,9,11,16,22,26H,1-3,8,10,12-15,17H2,(H,27,31)(H,28,30)/b7-5-,11-9-/t22-,25+/m1/s1. The van der Waals surface area contributed by atoms with E-state index in [2.05, 4.69) is 16.0 Å². The Labute approximate surface area is 188 Å². The fraction of sp³-hybridized carbons (Fsp3) is 0.480. The van der Waals surface area contributed by atoms with Crippen molar-refractivity contribution in [2.75, 3.05) is 26.2 Å². The Hall–Kier alpha value is -2.93. The molecule has 0 unspecified atom stereocenters. The van der Waals surface area contributed by atoms with Gasteiger partial charge in [0, 0.05) is 37.6 Å². The Kier molecular flexibility index (Phi) is 7.05. The number of benzene rings is 1. The number of hydrogen-bond donors (Lipinski definition) is 3. The van der Waals surface area contributed by atoms with Crippen LogP contribution in [0.2, 0.25) is 0 Å². The van der Waals surface area contributed by atoms with Gasteiger partial charge in [-0.25, -0.2) is 0 Å². The van der Waals surface area contributed by atoms with Crippen molar-refractivity contribution in [1.29, 1.82) is 0 Å². The molecule has 2 amide bonds. The van der Waals surface area contributed by atoms with Crippen LogP contribution >= 0.6 is 0 Å². The third kappa shape index (κ3) is 5.10. The Bertz CT molecular complexity index is 939. The lowest BCUT2D eigenvalue weighted by Crippen LogP contribution is -2.42. The normalized spacial score (nSPS) is 29.1. The van der Waals surface area contributed by atoms with E-state index in [1.54, 1.807) is 18.2 Å². The van der Waals surface area contributed by atoms with E-state index in [-0.39, 0.29) is 23.7 Å². The van der Waals surface area contributed by atoms with Crippen LogP contribution in [0.25, 0.3) is 6.08 Å². The monoisotopic (exact) mass is 437 g/mol. The number of ether oxygens (including phenoxy) is 1.